The van der Waals surface area contributed by atoms with Crippen molar-refractivity contribution in [3.05, 3.63) is 104 Å². The second-order valence-corrected chi connectivity index (χ2v) is 9.99. The van der Waals surface area contributed by atoms with Crippen LogP contribution < -0.4 is 20.3 Å². The van der Waals surface area contributed by atoms with E-state index in [1.807, 2.05) is 25.1 Å². The van der Waals surface area contributed by atoms with Gasteiger partial charge in [0.15, 0.2) is 5.82 Å². The molecule has 8 nitrogen and oxygen atoms in total. The van der Waals surface area contributed by atoms with Crippen LogP contribution in [0.3, 0.4) is 0 Å². The van der Waals surface area contributed by atoms with Gasteiger partial charge in [-0.05, 0) is 55.0 Å². The number of fused-ring (bicyclic) bond motifs is 2. The Bertz CT molecular complexity index is 1830. The number of hydrogen-bond acceptors (Lipinski definition) is 6. The molecular weight excluding hydrogens is 510 g/mol. The van der Waals surface area contributed by atoms with Gasteiger partial charge < -0.3 is 5.32 Å². The van der Waals surface area contributed by atoms with Crippen molar-refractivity contribution in [2.24, 2.45) is 0 Å². The summed E-state index contributed by atoms with van der Waals surface area (Å²) in [5.74, 6) is -0.364. The van der Waals surface area contributed by atoms with Gasteiger partial charge >= 0.3 is 0 Å². The minimum Gasteiger partial charge on any atom is -0.325 e. The van der Waals surface area contributed by atoms with Gasteiger partial charge in [-0.1, -0.05) is 53.3 Å². The maximum Gasteiger partial charge on any atom is 0.291 e. The van der Waals surface area contributed by atoms with Gasteiger partial charge in [-0.25, -0.2) is 0 Å². The number of aryl methyl sites for hydroxylation is 1. The minimum absolute atomic E-state index is 0.192. The fourth-order valence-corrected chi connectivity index (χ4v) is 5.45. The Morgan fingerprint density at radius 1 is 1.03 bits per heavy atom. The molecule has 3 heterocycles. The van der Waals surface area contributed by atoms with Crippen molar-refractivity contribution in [2.45, 2.75) is 6.92 Å². The molecule has 10 heteroatoms. The first-order chi connectivity index (χ1) is 17.9. The predicted molar refractivity (Wildman–Crippen MR) is 144 cm³/mol. The molecule has 0 aliphatic carbocycles. The number of benzene rings is 3. The van der Waals surface area contributed by atoms with Gasteiger partial charge in [0.05, 0.1) is 11.3 Å². The Balaban J connectivity index is 1.38. The van der Waals surface area contributed by atoms with Crippen LogP contribution in [-0.2, 0) is 9.59 Å². The Hall–Kier alpha value is -4.34. The summed E-state index contributed by atoms with van der Waals surface area (Å²) in [6.07, 6.45) is 0. The number of nitrogens with zero attached hydrogens (tertiary/aromatic N) is 4. The number of carbonyl (C=O) groups excluding carboxylic acids is 2. The summed E-state index contributed by atoms with van der Waals surface area (Å²) in [5.41, 5.74) is 3.36. The van der Waals surface area contributed by atoms with E-state index < -0.39 is 11.5 Å². The lowest BCUT2D eigenvalue weighted by Crippen LogP contribution is -2.37. The van der Waals surface area contributed by atoms with Crippen molar-refractivity contribution < 1.29 is 9.59 Å². The van der Waals surface area contributed by atoms with Crippen LogP contribution in [0, 0.1) is 6.92 Å². The molecule has 1 aliphatic heterocycles. The molecule has 0 unspecified atom stereocenters. The van der Waals surface area contributed by atoms with Gasteiger partial charge in [-0.2, -0.15) is 9.50 Å². The van der Waals surface area contributed by atoms with E-state index in [1.165, 1.54) is 9.42 Å². The second-order valence-electron chi connectivity index (χ2n) is 8.57. The summed E-state index contributed by atoms with van der Waals surface area (Å²) in [6.45, 7) is 1.74. The van der Waals surface area contributed by atoms with Crippen LogP contribution in [0.25, 0.3) is 21.9 Å². The summed E-state index contributed by atoms with van der Waals surface area (Å²) in [7, 11) is 0. The molecule has 1 N–H and O–H groups in total. The molecule has 0 fully saturated rings. The predicted octanol–water partition coefficient (Wildman–Crippen LogP) is 3.68. The first-order valence-corrected chi connectivity index (χ1v) is 12.6. The molecule has 3 aromatic carbocycles. The molecule has 0 bridgehead atoms. The van der Waals surface area contributed by atoms with Gasteiger partial charge in [0, 0.05) is 21.8 Å². The smallest absolute Gasteiger partial charge is 0.291 e. The maximum atomic E-state index is 13.6. The van der Waals surface area contributed by atoms with E-state index in [0.29, 0.717) is 32.7 Å². The number of thiazole rings is 1. The monoisotopic (exact) mass is 527 g/mol. The van der Waals surface area contributed by atoms with Gasteiger partial charge in [0.25, 0.3) is 11.5 Å². The number of halogens is 1. The van der Waals surface area contributed by atoms with E-state index in [1.54, 1.807) is 54.6 Å². The van der Waals surface area contributed by atoms with E-state index in [4.69, 9.17) is 11.6 Å². The van der Waals surface area contributed by atoms with Crippen LogP contribution in [0.15, 0.2) is 77.6 Å². The summed E-state index contributed by atoms with van der Waals surface area (Å²) >= 11 is 7.06. The topological polar surface area (TPSA) is 96.7 Å². The third-order valence-corrected chi connectivity index (χ3v) is 7.30. The Kier molecular flexibility index (Phi) is 5.58. The molecule has 182 valence electrons. The third kappa shape index (κ3) is 4.08. The number of hydrogen-bond donors (Lipinski definition) is 1. The largest absolute Gasteiger partial charge is 0.325 e. The number of amides is 2. The number of rotatable bonds is 4. The summed E-state index contributed by atoms with van der Waals surface area (Å²) in [5, 5.41) is 7.79. The second kappa shape index (κ2) is 8.95. The van der Waals surface area contributed by atoms with E-state index in [-0.39, 0.29) is 22.6 Å². The number of para-hydroxylation sites is 1. The molecular formula is C27H18ClN5O3S. The number of carbonyl (C=O) groups is 2. The SMILES string of the molecule is Cc1cccc(NC(=O)CN2C(=O)/C(=c3\sc4nc(-c5ccc(Cl)cc5)nn4c3=O)c3ccccc32)c1. The van der Waals surface area contributed by atoms with Crippen LogP contribution in [0.5, 0.6) is 0 Å². The van der Waals surface area contributed by atoms with E-state index in [2.05, 4.69) is 15.4 Å². The molecule has 0 spiro atoms. The normalized spacial score (nSPS) is 14.3. The van der Waals surface area contributed by atoms with Gasteiger partial charge in [0.1, 0.15) is 11.1 Å². The van der Waals surface area contributed by atoms with Crippen LogP contribution in [0.1, 0.15) is 11.1 Å². The van der Waals surface area contributed by atoms with Crippen molar-refractivity contribution in [3.63, 3.8) is 0 Å². The van der Waals surface area contributed by atoms with Crippen molar-refractivity contribution in [1.82, 2.24) is 14.6 Å². The first-order valence-electron chi connectivity index (χ1n) is 11.4. The molecule has 5 aromatic rings. The zero-order valence-corrected chi connectivity index (χ0v) is 21.0. The average molecular weight is 528 g/mol. The molecule has 2 aromatic heterocycles. The van der Waals surface area contributed by atoms with Crippen LogP contribution in [0.2, 0.25) is 5.02 Å². The zero-order valence-electron chi connectivity index (χ0n) is 19.4. The van der Waals surface area contributed by atoms with Crippen molar-refractivity contribution in [2.75, 3.05) is 16.8 Å². The fraction of sp³-hybridized carbons (Fsp3) is 0.0741. The minimum atomic E-state index is -0.433. The Morgan fingerprint density at radius 2 is 1.81 bits per heavy atom. The maximum absolute atomic E-state index is 13.6. The van der Waals surface area contributed by atoms with Crippen LogP contribution in [-0.4, -0.2) is 33.0 Å². The third-order valence-electron chi connectivity index (χ3n) is 6.01. The highest BCUT2D eigenvalue weighted by molar-refractivity contribution is 7.15. The highest BCUT2D eigenvalue weighted by Crippen LogP contribution is 2.35. The van der Waals surface area contributed by atoms with E-state index >= 15 is 0 Å². The van der Waals surface area contributed by atoms with Crippen LogP contribution in [0.4, 0.5) is 11.4 Å². The Morgan fingerprint density at radius 3 is 2.57 bits per heavy atom. The van der Waals surface area contributed by atoms with Gasteiger partial charge in [-0.15, -0.1) is 5.10 Å². The molecule has 0 saturated heterocycles. The molecule has 1 aliphatic rings. The molecule has 0 atom stereocenters. The highest BCUT2D eigenvalue weighted by Gasteiger charge is 2.35. The number of aromatic nitrogens is 3. The van der Waals surface area contributed by atoms with Gasteiger partial charge in [-0.3, -0.25) is 19.3 Å². The molecule has 6 rings (SSSR count). The standard InChI is InChI=1S/C27H18ClN5O3S/c1-15-5-4-6-18(13-15)29-21(34)14-32-20-8-3-2-7-19(20)22(25(32)35)23-26(36)33-27(37-23)30-24(31-33)16-9-11-17(28)12-10-16/h2-13H,14H2,1H3,(H,29,34)/b23-22-. The Labute approximate surface area is 219 Å². The fourth-order valence-electron chi connectivity index (χ4n) is 4.33. The molecule has 0 saturated carbocycles. The number of anilines is 2. The lowest BCUT2D eigenvalue weighted by Gasteiger charge is -2.16. The quantitative estimate of drug-likeness (QED) is 0.384. The number of nitrogens with one attached hydrogen (secondary N) is 1. The van der Waals surface area contributed by atoms with Crippen molar-refractivity contribution in [1.29, 1.82) is 0 Å². The molecule has 2 amide bonds. The first kappa shape index (κ1) is 23.1. The lowest BCUT2D eigenvalue weighted by molar-refractivity contribution is -0.118. The summed E-state index contributed by atoms with van der Waals surface area (Å²) in [6, 6.07) is 21.6. The summed E-state index contributed by atoms with van der Waals surface area (Å²) < 4.78 is 1.44. The van der Waals surface area contributed by atoms with Crippen molar-refractivity contribution >= 4 is 56.7 Å². The summed E-state index contributed by atoms with van der Waals surface area (Å²) in [4.78, 5) is 46.0. The lowest BCUT2D eigenvalue weighted by atomic mass is 10.1. The van der Waals surface area contributed by atoms with E-state index in [0.717, 1.165) is 22.5 Å². The van der Waals surface area contributed by atoms with Gasteiger partial charge in [0.2, 0.25) is 10.9 Å². The zero-order chi connectivity index (χ0) is 25.7. The molecule has 0 radical (unpaired) electrons. The van der Waals surface area contributed by atoms with Crippen molar-refractivity contribution in [3.8, 4) is 11.4 Å². The average Bonchev–Trinajstić information content (AvgIpc) is 3.51. The van der Waals surface area contributed by atoms with E-state index in [9.17, 15) is 14.4 Å². The van der Waals surface area contributed by atoms with Crippen LogP contribution >= 0.6 is 22.9 Å². The molecule has 37 heavy (non-hydrogen) atoms. The highest BCUT2D eigenvalue weighted by atomic mass is 35.5.